The molecule has 5 unspecified atom stereocenters. The van der Waals surface area contributed by atoms with Crippen LogP contribution in [0.3, 0.4) is 0 Å². The van der Waals surface area contributed by atoms with Crippen LogP contribution in [0, 0.1) is 11.8 Å². The third-order valence-corrected chi connectivity index (χ3v) is 8.90. The van der Waals surface area contributed by atoms with Crippen LogP contribution in [0.4, 0.5) is 0 Å². The molecule has 0 aromatic carbocycles. The summed E-state index contributed by atoms with van der Waals surface area (Å²) in [6, 6.07) is -3.60. The van der Waals surface area contributed by atoms with E-state index >= 15 is 0 Å². The maximum atomic E-state index is 14.0. The van der Waals surface area contributed by atoms with Gasteiger partial charge in [-0.05, 0) is 38.0 Å². The Morgan fingerprint density at radius 1 is 0.852 bits per heavy atom. The number of aliphatic hydroxyl groups is 2. The first kappa shape index (κ1) is 50.1. The number of carbonyl (C=O) groups excluding carboxylic acids is 6. The van der Waals surface area contributed by atoms with Crippen LogP contribution < -0.4 is 5.32 Å². The lowest BCUT2D eigenvalue weighted by Gasteiger charge is -2.35. The zero-order valence-corrected chi connectivity index (χ0v) is 34.3. The summed E-state index contributed by atoms with van der Waals surface area (Å²) in [5.74, 6) is -2.20. The minimum Gasteiger partial charge on any atom is -0.394 e. The third kappa shape index (κ3) is 18.9. The fourth-order valence-corrected chi connectivity index (χ4v) is 5.72. The maximum Gasteiger partial charge on any atom is 0.246 e. The largest absolute Gasteiger partial charge is 0.394 e. The highest BCUT2D eigenvalue weighted by Crippen LogP contribution is 2.19. The van der Waals surface area contributed by atoms with E-state index in [-0.39, 0.29) is 69.8 Å². The summed E-state index contributed by atoms with van der Waals surface area (Å²) >= 11 is 0. The summed E-state index contributed by atoms with van der Waals surface area (Å²) in [6.07, 6.45) is 6.57. The van der Waals surface area contributed by atoms with E-state index in [9.17, 15) is 39.0 Å². The zero-order chi connectivity index (χ0) is 41.5. The van der Waals surface area contributed by atoms with Gasteiger partial charge in [-0.1, -0.05) is 78.0 Å². The van der Waals surface area contributed by atoms with Crippen LogP contribution in [-0.4, -0.2) is 150 Å². The fraction of sp³-hybridized carbons (Fsp3) is 0.700. The van der Waals surface area contributed by atoms with Gasteiger partial charge in [0.25, 0.3) is 0 Å². The number of amides is 5. The number of hydrogen-bond donors (Lipinski definition) is 3. The topological polar surface area (TPSA) is 177 Å². The lowest BCUT2D eigenvalue weighted by Crippen LogP contribution is -2.55. The molecule has 0 fully saturated rings. The highest BCUT2D eigenvalue weighted by atomic mass is 16.5. The quantitative estimate of drug-likeness (QED) is 0.0615. The molecule has 14 nitrogen and oxygen atoms in total. The number of likely N-dealkylation sites (N-methyl/N-ethyl adjacent to an activating group) is 3. The van der Waals surface area contributed by atoms with Crippen molar-refractivity contribution < 1.29 is 43.7 Å². The number of carbonyl (C=O) groups is 6. The van der Waals surface area contributed by atoms with E-state index in [0.717, 1.165) is 12.7 Å². The molecule has 0 aromatic heterocycles. The Hall–Kier alpha value is -3.88. The number of nitrogens with zero attached hydrogens (tertiary/aromatic N) is 4. The predicted octanol–water partition coefficient (Wildman–Crippen LogP) is 2.73. The van der Waals surface area contributed by atoms with Crippen LogP contribution in [0.2, 0.25) is 0 Å². The number of rotatable bonds is 28. The van der Waals surface area contributed by atoms with Gasteiger partial charge in [0, 0.05) is 40.5 Å². The van der Waals surface area contributed by atoms with Crippen LogP contribution in [0.15, 0.2) is 37.0 Å². The number of hydrogen-bond acceptors (Lipinski definition) is 9. The highest BCUT2D eigenvalue weighted by molar-refractivity contribution is 5.91. The van der Waals surface area contributed by atoms with Gasteiger partial charge in [0.1, 0.15) is 18.4 Å². The van der Waals surface area contributed by atoms with Gasteiger partial charge in [0.05, 0.1) is 51.0 Å². The predicted molar refractivity (Wildman–Crippen MR) is 210 cm³/mol. The lowest BCUT2D eigenvalue weighted by molar-refractivity contribution is -0.147. The molecule has 0 aliphatic rings. The Labute approximate surface area is 323 Å². The van der Waals surface area contributed by atoms with Gasteiger partial charge in [-0.3, -0.25) is 24.0 Å². The normalized spacial score (nSPS) is 14.2. The number of nitrogens with one attached hydrogen (secondary N) is 1. The van der Waals surface area contributed by atoms with E-state index in [4.69, 9.17) is 4.74 Å². The molecule has 14 heteroatoms. The summed E-state index contributed by atoms with van der Waals surface area (Å²) in [5.41, 5.74) is 0.550. The van der Waals surface area contributed by atoms with Gasteiger partial charge in [0.15, 0.2) is 0 Å². The molecular formula is C40H69N5O9. The second-order valence-corrected chi connectivity index (χ2v) is 14.8. The Morgan fingerprint density at radius 3 is 1.98 bits per heavy atom. The van der Waals surface area contributed by atoms with Crippen molar-refractivity contribution in [2.45, 2.75) is 117 Å². The second kappa shape index (κ2) is 26.8. The van der Waals surface area contributed by atoms with Crippen molar-refractivity contribution in [2.24, 2.45) is 11.8 Å². The van der Waals surface area contributed by atoms with Crippen molar-refractivity contribution in [3.8, 4) is 0 Å². The van der Waals surface area contributed by atoms with Gasteiger partial charge >= 0.3 is 0 Å². The van der Waals surface area contributed by atoms with Gasteiger partial charge in [-0.15, -0.1) is 0 Å². The van der Waals surface area contributed by atoms with Gasteiger partial charge in [0.2, 0.25) is 29.5 Å². The van der Waals surface area contributed by atoms with Crippen molar-refractivity contribution in [1.82, 2.24) is 24.9 Å². The molecule has 0 saturated heterocycles. The van der Waals surface area contributed by atoms with E-state index in [1.807, 2.05) is 34.6 Å². The molecule has 0 radical (unpaired) electrons. The molecule has 54 heavy (non-hydrogen) atoms. The Balaban J connectivity index is 6.43. The van der Waals surface area contributed by atoms with Crippen LogP contribution >= 0.6 is 0 Å². The molecule has 308 valence electrons. The first-order valence-corrected chi connectivity index (χ1v) is 19.0. The third-order valence-electron chi connectivity index (χ3n) is 8.90. The summed E-state index contributed by atoms with van der Waals surface area (Å²) in [6.45, 7) is 18.4. The van der Waals surface area contributed by atoms with Crippen molar-refractivity contribution in [3.63, 3.8) is 0 Å². The van der Waals surface area contributed by atoms with Crippen LogP contribution in [0.1, 0.15) is 86.5 Å². The standard InChI is InChI=1S/C40H69N5O9/c1-12-14-16-30(7)22-35(40(53)42(9)33(26-47)20-28(3)4)44(11)36(49)24-32(27-54-19-18-46)41-39(52)34(21-29(5)6)43(10)38(51)25-45(17-15-13-2)37(50)23-31(8)48/h12,14,16,26,28-29,31-35,46,48H,1,7,13,15,17-25,27H2,2-6,8-11H3,(H,41,52)/b16-14-. The molecule has 0 heterocycles. The van der Waals surface area contributed by atoms with E-state index in [2.05, 4.69) is 18.5 Å². The van der Waals surface area contributed by atoms with Crippen molar-refractivity contribution in [2.75, 3.05) is 54.1 Å². The van der Waals surface area contributed by atoms with Gasteiger partial charge in [-0.2, -0.15) is 0 Å². The average Bonchev–Trinajstić information content (AvgIpc) is 3.10. The molecule has 0 aliphatic heterocycles. The molecule has 0 aromatic rings. The highest BCUT2D eigenvalue weighted by Gasteiger charge is 2.35. The summed E-state index contributed by atoms with van der Waals surface area (Å²) in [4.78, 5) is 85.5. The average molecular weight is 764 g/mol. The molecule has 0 spiro atoms. The van der Waals surface area contributed by atoms with E-state index in [1.165, 1.54) is 47.7 Å². The van der Waals surface area contributed by atoms with E-state index < -0.39 is 53.9 Å². The maximum absolute atomic E-state index is 14.0. The molecule has 0 rings (SSSR count). The van der Waals surface area contributed by atoms with Gasteiger partial charge in [-0.25, -0.2) is 0 Å². The number of unbranched alkanes of at least 4 members (excludes halogenated alkanes) is 1. The molecular weight excluding hydrogens is 694 g/mol. The lowest BCUT2D eigenvalue weighted by atomic mass is 9.99. The molecule has 0 saturated carbocycles. The van der Waals surface area contributed by atoms with Crippen LogP contribution in [0.25, 0.3) is 0 Å². The zero-order valence-electron chi connectivity index (χ0n) is 34.3. The Kier molecular flexibility index (Phi) is 24.9. The fourth-order valence-electron chi connectivity index (χ4n) is 5.72. The molecule has 0 bridgehead atoms. The minimum atomic E-state index is -1.03. The number of allylic oxidation sites excluding steroid dienone is 3. The van der Waals surface area contributed by atoms with Crippen LogP contribution in [0.5, 0.6) is 0 Å². The van der Waals surface area contributed by atoms with Crippen molar-refractivity contribution in [1.29, 1.82) is 0 Å². The first-order chi connectivity index (χ1) is 25.3. The summed E-state index contributed by atoms with van der Waals surface area (Å²) in [5, 5.41) is 22.0. The SMILES string of the molecule is C=C/C=C\C(=C)CC(C(=O)N(C)C(C=O)CC(C)C)N(C)C(=O)CC(COCCO)NC(=O)C(CC(C)C)N(C)C(=O)CN(CCCC)C(=O)CC(C)O. The van der Waals surface area contributed by atoms with Gasteiger partial charge < -0.3 is 44.7 Å². The van der Waals surface area contributed by atoms with Crippen LogP contribution in [-0.2, 0) is 33.5 Å². The number of aliphatic hydroxyl groups excluding tert-OH is 2. The number of aldehydes is 1. The van der Waals surface area contributed by atoms with E-state index in [0.29, 0.717) is 25.0 Å². The monoisotopic (exact) mass is 764 g/mol. The van der Waals surface area contributed by atoms with E-state index in [1.54, 1.807) is 18.2 Å². The Morgan fingerprint density at radius 2 is 1.46 bits per heavy atom. The second-order valence-electron chi connectivity index (χ2n) is 14.8. The molecule has 3 N–H and O–H groups in total. The summed E-state index contributed by atoms with van der Waals surface area (Å²) in [7, 11) is 4.50. The minimum absolute atomic E-state index is 0.0150. The Bertz CT molecular complexity index is 1250. The first-order valence-electron chi connectivity index (χ1n) is 19.0. The number of ether oxygens (including phenoxy) is 1. The molecule has 0 aliphatic carbocycles. The molecule has 5 atom stereocenters. The summed E-state index contributed by atoms with van der Waals surface area (Å²) < 4.78 is 5.55. The van der Waals surface area contributed by atoms with Crippen molar-refractivity contribution in [3.05, 3.63) is 37.0 Å². The molecule has 5 amide bonds. The smallest absolute Gasteiger partial charge is 0.246 e. The van der Waals surface area contributed by atoms with Crippen molar-refractivity contribution >= 4 is 35.8 Å².